The smallest absolute Gasteiger partial charge is 0.255 e. The molecule has 1 atom stereocenters. The molecule has 1 fully saturated rings. The van der Waals surface area contributed by atoms with E-state index < -0.39 is 20.9 Å². The van der Waals surface area contributed by atoms with E-state index in [0.717, 1.165) is 18.4 Å². The van der Waals surface area contributed by atoms with Crippen molar-refractivity contribution in [2.75, 3.05) is 19.3 Å². The van der Waals surface area contributed by atoms with Gasteiger partial charge in [-0.2, -0.15) is 0 Å². The molecule has 1 saturated heterocycles. The molecule has 1 aliphatic rings. The summed E-state index contributed by atoms with van der Waals surface area (Å²) in [7, 11) is -3.15. The third-order valence-corrected chi connectivity index (χ3v) is 5.11. The molecular formula is C12H13ClFNO3S. The second kappa shape index (κ2) is 5.09. The van der Waals surface area contributed by atoms with Crippen LogP contribution in [0.2, 0.25) is 5.02 Å². The summed E-state index contributed by atoms with van der Waals surface area (Å²) < 4.78 is 35.8. The lowest BCUT2D eigenvalue weighted by Gasteiger charge is -2.17. The van der Waals surface area contributed by atoms with Gasteiger partial charge in [-0.1, -0.05) is 11.6 Å². The average Bonchev–Trinajstić information content (AvgIpc) is 2.76. The highest BCUT2D eigenvalue weighted by Crippen LogP contribution is 2.23. The van der Waals surface area contributed by atoms with Gasteiger partial charge in [0, 0.05) is 19.3 Å². The van der Waals surface area contributed by atoms with E-state index in [-0.39, 0.29) is 23.0 Å². The largest absolute Gasteiger partial charge is 0.337 e. The highest BCUT2D eigenvalue weighted by molar-refractivity contribution is 7.91. The zero-order valence-corrected chi connectivity index (χ0v) is 11.8. The van der Waals surface area contributed by atoms with Crippen molar-refractivity contribution in [3.8, 4) is 0 Å². The molecule has 0 saturated carbocycles. The molecule has 1 heterocycles. The Morgan fingerprint density at radius 2 is 2.16 bits per heavy atom. The fourth-order valence-corrected chi connectivity index (χ4v) is 3.33. The first-order chi connectivity index (χ1) is 8.79. The van der Waals surface area contributed by atoms with Crippen molar-refractivity contribution in [1.82, 2.24) is 4.90 Å². The Hall–Kier alpha value is -1.14. The molecule has 0 aromatic heterocycles. The van der Waals surface area contributed by atoms with Crippen molar-refractivity contribution in [3.63, 3.8) is 0 Å². The molecule has 0 bridgehead atoms. The molecule has 4 nitrogen and oxygen atoms in total. The van der Waals surface area contributed by atoms with Crippen LogP contribution in [0, 0.1) is 5.82 Å². The lowest BCUT2D eigenvalue weighted by Crippen LogP contribution is -2.31. The number of rotatable bonds is 2. The summed E-state index contributed by atoms with van der Waals surface area (Å²) in [4.78, 5) is 13.6. The third kappa shape index (κ3) is 3.06. The number of benzene rings is 1. The molecule has 0 aliphatic carbocycles. The number of amides is 1. The van der Waals surface area contributed by atoms with Gasteiger partial charge in [-0.15, -0.1) is 0 Å². The molecule has 0 N–H and O–H groups in total. The topological polar surface area (TPSA) is 54.5 Å². The molecule has 1 aromatic carbocycles. The van der Waals surface area contributed by atoms with Crippen LogP contribution in [-0.4, -0.2) is 43.8 Å². The highest BCUT2D eigenvalue weighted by atomic mass is 35.5. The lowest BCUT2D eigenvalue weighted by molar-refractivity contribution is 0.0793. The number of hydrogen-bond donors (Lipinski definition) is 0. The second-order valence-electron chi connectivity index (χ2n) is 4.62. The van der Waals surface area contributed by atoms with E-state index in [2.05, 4.69) is 0 Å². The van der Waals surface area contributed by atoms with Gasteiger partial charge >= 0.3 is 0 Å². The first-order valence-electron chi connectivity index (χ1n) is 5.72. The van der Waals surface area contributed by atoms with E-state index in [0.29, 0.717) is 13.0 Å². The Morgan fingerprint density at radius 1 is 1.47 bits per heavy atom. The number of halogens is 2. The minimum absolute atomic E-state index is 0.0350. The van der Waals surface area contributed by atoms with Crippen LogP contribution in [0.3, 0.4) is 0 Å². The van der Waals surface area contributed by atoms with Gasteiger partial charge in [-0.25, -0.2) is 12.8 Å². The Morgan fingerprint density at radius 3 is 2.68 bits per heavy atom. The molecule has 19 heavy (non-hydrogen) atoms. The monoisotopic (exact) mass is 305 g/mol. The second-order valence-corrected chi connectivity index (χ2v) is 7.35. The summed E-state index contributed by atoms with van der Waals surface area (Å²) in [5.74, 6) is -0.881. The number of hydrogen-bond acceptors (Lipinski definition) is 3. The fourth-order valence-electron chi connectivity index (χ4n) is 2.10. The Bertz CT molecular complexity index is 617. The minimum atomic E-state index is -3.15. The van der Waals surface area contributed by atoms with E-state index in [4.69, 9.17) is 11.6 Å². The summed E-state index contributed by atoms with van der Waals surface area (Å²) in [6, 6.07) is 3.54. The molecule has 0 radical (unpaired) electrons. The maximum atomic E-state index is 12.9. The van der Waals surface area contributed by atoms with E-state index in [1.807, 2.05) is 0 Å². The van der Waals surface area contributed by atoms with Crippen LogP contribution in [0.15, 0.2) is 18.2 Å². The van der Waals surface area contributed by atoms with Crippen LogP contribution in [0.5, 0.6) is 0 Å². The van der Waals surface area contributed by atoms with Crippen LogP contribution in [0.25, 0.3) is 0 Å². The maximum Gasteiger partial charge on any atom is 0.255 e. The van der Waals surface area contributed by atoms with Gasteiger partial charge in [0.1, 0.15) is 5.82 Å². The van der Waals surface area contributed by atoms with Gasteiger partial charge < -0.3 is 4.90 Å². The fraction of sp³-hybridized carbons (Fsp3) is 0.417. The van der Waals surface area contributed by atoms with Crippen LogP contribution >= 0.6 is 11.6 Å². The predicted molar refractivity (Wildman–Crippen MR) is 70.6 cm³/mol. The van der Waals surface area contributed by atoms with Gasteiger partial charge in [-0.3, -0.25) is 4.79 Å². The van der Waals surface area contributed by atoms with Crippen molar-refractivity contribution in [3.05, 3.63) is 34.6 Å². The van der Waals surface area contributed by atoms with Crippen molar-refractivity contribution in [2.24, 2.45) is 0 Å². The highest BCUT2D eigenvalue weighted by Gasteiger charge is 2.33. The van der Waals surface area contributed by atoms with Crippen molar-refractivity contribution >= 4 is 27.3 Å². The van der Waals surface area contributed by atoms with E-state index in [1.165, 1.54) is 11.0 Å². The Kier molecular flexibility index (Phi) is 3.82. The molecule has 7 heteroatoms. The quantitative estimate of drug-likeness (QED) is 0.836. The maximum absolute atomic E-state index is 12.9. The standard InChI is InChI=1S/C12H13ClFNO3S/c1-19(17,18)9-4-5-15(7-9)12(16)10-3-2-8(14)6-11(10)13/h2-3,6,9H,4-5,7H2,1H3. The zero-order chi connectivity index (χ0) is 14.2. The predicted octanol–water partition coefficient (Wildman–Crippen LogP) is 1.74. The summed E-state index contributed by atoms with van der Waals surface area (Å²) in [6.45, 7) is 0.523. The molecular weight excluding hydrogens is 293 g/mol. The number of nitrogens with zero attached hydrogens (tertiary/aromatic N) is 1. The zero-order valence-electron chi connectivity index (χ0n) is 10.3. The SMILES string of the molecule is CS(=O)(=O)C1CCN(C(=O)c2ccc(F)cc2Cl)C1. The van der Waals surface area contributed by atoms with Crippen molar-refractivity contribution in [1.29, 1.82) is 0 Å². The summed E-state index contributed by atoms with van der Waals surface area (Å²) in [6.07, 6.45) is 1.58. The van der Waals surface area contributed by atoms with Gasteiger partial charge in [0.25, 0.3) is 5.91 Å². The number of carbonyl (C=O) groups is 1. The van der Waals surface area contributed by atoms with Crippen LogP contribution in [0.4, 0.5) is 4.39 Å². The molecule has 1 aliphatic heterocycles. The molecule has 2 rings (SSSR count). The minimum Gasteiger partial charge on any atom is -0.337 e. The average molecular weight is 306 g/mol. The number of sulfone groups is 1. The Labute approximate surface area is 116 Å². The summed E-state index contributed by atoms with van der Waals surface area (Å²) in [5, 5.41) is -0.497. The lowest BCUT2D eigenvalue weighted by atomic mass is 10.2. The normalized spacial score (nSPS) is 19.7. The number of likely N-dealkylation sites (tertiary alicyclic amines) is 1. The van der Waals surface area contributed by atoms with Crippen LogP contribution in [-0.2, 0) is 9.84 Å². The molecule has 1 amide bonds. The van der Waals surface area contributed by atoms with Crippen LogP contribution < -0.4 is 0 Å². The first-order valence-corrected chi connectivity index (χ1v) is 8.05. The first kappa shape index (κ1) is 14.3. The van der Waals surface area contributed by atoms with Crippen LogP contribution in [0.1, 0.15) is 16.8 Å². The summed E-state index contributed by atoms with van der Waals surface area (Å²) >= 11 is 5.82. The van der Waals surface area contributed by atoms with E-state index >= 15 is 0 Å². The van der Waals surface area contributed by atoms with Gasteiger partial charge in [0.15, 0.2) is 9.84 Å². The van der Waals surface area contributed by atoms with Crippen molar-refractivity contribution < 1.29 is 17.6 Å². The van der Waals surface area contributed by atoms with E-state index in [1.54, 1.807) is 0 Å². The summed E-state index contributed by atoms with van der Waals surface area (Å²) in [5.41, 5.74) is 0.192. The van der Waals surface area contributed by atoms with Crippen molar-refractivity contribution in [2.45, 2.75) is 11.7 Å². The Balaban J connectivity index is 2.18. The molecule has 104 valence electrons. The van der Waals surface area contributed by atoms with Gasteiger partial charge in [0.2, 0.25) is 0 Å². The van der Waals surface area contributed by atoms with E-state index in [9.17, 15) is 17.6 Å². The molecule has 1 unspecified atom stereocenters. The van der Waals surface area contributed by atoms with Gasteiger partial charge in [-0.05, 0) is 24.6 Å². The number of carbonyl (C=O) groups excluding carboxylic acids is 1. The third-order valence-electron chi connectivity index (χ3n) is 3.20. The molecule has 1 aromatic rings. The van der Waals surface area contributed by atoms with Gasteiger partial charge in [0.05, 0.1) is 15.8 Å². The molecule has 0 spiro atoms.